The molecular weight excluding hydrogens is 334 g/mol. The number of fused-ring (bicyclic) bond motifs is 4. The third-order valence-corrected chi connectivity index (χ3v) is 5.95. The Morgan fingerprint density at radius 3 is 2.63 bits per heavy atom. The lowest BCUT2D eigenvalue weighted by Crippen LogP contribution is -2.51. The summed E-state index contributed by atoms with van der Waals surface area (Å²) in [5.74, 6) is 0.139. The highest BCUT2D eigenvalue weighted by molar-refractivity contribution is 5.94. The molecule has 1 saturated heterocycles. The van der Waals surface area contributed by atoms with Gasteiger partial charge in [0.05, 0.1) is 16.9 Å². The first-order valence-electron chi connectivity index (χ1n) is 9.58. The monoisotopic (exact) mass is 357 g/mol. The molecule has 3 heterocycles. The average Bonchev–Trinajstić information content (AvgIpc) is 3.20. The Morgan fingerprint density at radius 2 is 1.81 bits per heavy atom. The summed E-state index contributed by atoms with van der Waals surface area (Å²) in [6.07, 6.45) is 3.95. The largest absolute Gasteiger partial charge is 0.372 e. The number of amides is 1. The van der Waals surface area contributed by atoms with Gasteiger partial charge in [-0.3, -0.25) is 4.79 Å². The molecule has 0 radical (unpaired) electrons. The minimum absolute atomic E-state index is 0.110. The van der Waals surface area contributed by atoms with Crippen molar-refractivity contribution in [2.24, 2.45) is 0 Å². The van der Waals surface area contributed by atoms with Gasteiger partial charge in [0.15, 0.2) is 0 Å². The standard InChI is InChI=1S/C23H23N3O/c1-17-6-4-7-18(16-17)22(27)25-14-11-23(12-15-25)21-10-5-13-26(21)20-9-3-2-8-19(20)24-23/h2-10,13,16,24H,11-12,14-15H2,1H3. The van der Waals surface area contributed by atoms with Gasteiger partial charge in [-0.05, 0) is 56.2 Å². The van der Waals surface area contributed by atoms with Crippen LogP contribution in [0.4, 0.5) is 5.69 Å². The van der Waals surface area contributed by atoms with E-state index in [1.54, 1.807) is 0 Å². The number of carbonyl (C=O) groups is 1. The van der Waals surface area contributed by atoms with E-state index in [-0.39, 0.29) is 11.4 Å². The molecule has 1 N–H and O–H groups in total. The van der Waals surface area contributed by atoms with Crippen molar-refractivity contribution in [3.63, 3.8) is 0 Å². The van der Waals surface area contributed by atoms with Crippen LogP contribution in [-0.4, -0.2) is 28.5 Å². The summed E-state index contributed by atoms with van der Waals surface area (Å²) in [6, 6.07) is 20.6. The van der Waals surface area contributed by atoms with Crippen LogP contribution in [0.2, 0.25) is 0 Å². The Balaban J connectivity index is 1.41. The number of aryl methyl sites for hydroxylation is 1. The summed E-state index contributed by atoms with van der Waals surface area (Å²) in [7, 11) is 0. The summed E-state index contributed by atoms with van der Waals surface area (Å²) in [5.41, 5.74) is 5.46. The molecule has 0 aliphatic carbocycles. The van der Waals surface area contributed by atoms with E-state index in [0.717, 1.165) is 37.1 Å². The molecule has 0 unspecified atom stereocenters. The highest BCUT2D eigenvalue weighted by Crippen LogP contribution is 2.43. The Bertz CT molecular complexity index is 1010. The maximum atomic E-state index is 12.9. The second-order valence-electron chi connectivity index (χ2n) is 7.65. The van der Waals surface area contributed by atoms with Crippen LogP contribution in [0.3, 0.4) is 0 Å². The van der Waals surface area contributed by atoms with Gasteiger partial charge in [-0.15, -0.1) is 0 Å². The number of benzene rings is 2. The molecule has 1 amide bonds. The molecule has 1 fully saturated rings. The van der Waals surface area contributed by atoms with Gasteiger partial charge < -0.3 is 14.8 Å². The number of para-hydroxylation sites is 2. The van der Waals surface area contributed by atoms with Crippen molar-refractivity contribution >= 4 is 11.6 Å². The molecule has 4 nitrogen and oxygen atoms in total. The summed E-state index contributed by atoms with van der Waals surface area (Å²) < 4.78 is 2.30. The van der Waals surface area contributed by atoms with E-state index in [1.165, 1.54) is 17.1 Å². The molecule has 27 heavy (non-hydrogen) atoms. The van der Waals surface area contributed by atoms with Crippen molar-refractivity contribution in [3.05, 3.63) is 83.7 Å². The molecule has 1 spiro atoms. The smallest absolute Gasteiger partial charge is 0.253 e. The van der Waals surface area contributed by atoms with Crippen LogP contribution in [0.25, 0.3) is 5.69 Å². The van der Waals surface area contributed by atoms with Crippen LogP contribution in [0.15, 0.2) is 66.9 Å². The van der Waals surface area contributed by atoms with E-state index in [9.17, 15) is 4.79 Å². The Morgan fingerprint density at radius 1 is 1.00 bits per heavy atom. The van der Waals surface area contributed by atoms with E-state index >= 15 is 0 Å². The highest BCUT2D eigenvalue weighted by Gasteiger charge is 2.42. The first-order valence-corrected chi connectivity index (χ1v) is 9.58. The quantitative estimate of drug-likeness (QED) is 0.703. The second kappa shape index (κ2) is 6.02. The molecule has 2 aliphatic heterocycles. The zero-order valence-corrected chi connectivity index (χ0v) is 15.5. The van der Waals surface area contributed by atoms with Gasteiger partial charge in [0.2, 0.25) is 0 Å². The molecular formula is C23H23N3O. The van der Waals surface area contributed by atoms with Crippen LogP contribution in [0, 0.1) is 6.92 Å². The van der Waals surface area contributed by atoms with Gasteiger partial charge in [0, 0.05) is 30.5 Å². The number of hydrogen-bond donors (Lipinski definition) is 1. The number of likely N-dealkylation sites (tertiary alicyclic amines) is 1. The Hall–Kier alpha value is -3.01. The minimum Gasteiger partial charge on any atom is -0.372 e. The number of aromatic nitrogens is 1. The zero-order valence-electron chi connectivity index (χ0n) is 15.5. The summed E-state index contributed by atoms with van der Waals surface area (Å²) in [5, 5.41) is 3.80. The molecule has 3 aromatic rings. The lowest BCUT2D eigenvalue weighted by molar-refractivity contribution is 0.0676. The first kappa shape index (κ1) is 16.2. The van der Waals surface area contributed by atoms with Crippen LogP contribution in [-0.2, 0) is 5.54 Å². The van der Waals surface area contributed by atoms with Crippen molar-refractivity contribution in [2.45, 2.75) is 25.3 Å². The van der Waals surface area contributed by atoms with Gasteiger partial charge in [-0.2, -0.15) is 0 Å². The number of hydrogen-bond acceptors (Lipinski definition) is 2. The Kier molecular flexibility index (Phi) is 3.61. The molecule has 4 heteroatoms. The molecule has 0 saturated carbocycles. The SMILES string of the molecule is Cc1cccc(C(=O)N2CCC3(CC2)Nc2ccccc2-n2cccc23)c1. The van der Waals surface area contributed by atoms with Crippen LogP contribution < -0.4 is 5.32 Å². The summed E-state index contributed by atoms with van der Waals surface area (Å²) >= 11 is 0. The van der Waals surface area contributed by atoms with Gasteiger partial charge in [-0.25, -0.2) is 0 Å². The molecule has 5 rings (SSSR count). The fraction of sp³-hybridized carbons (Fsp3) is 0.261. The molecule has 2 aromatic carbocycles. The zero-order chi connectivity index (χ0) is 18.4. The number of piperidine rings is 1. The lowest BCUT2D eigenvalue weighted by Gasteiger charge is -2.46. The lowest BCUT2D eigenvalue weighted by atomic mass is 9.82. The van der Waals surface area contributed by atoms with E-state index in [2.05, 4.69) is 52.5 Å². The van der Waals surface area contributed by atoms with Crippen LogP contribution in [0.1, 0.15) is 34.5 Å². The summed E-state index contributed by atoms with van der Waals surface area (Å²) in [6.45, 7) is 3.54. The third-order valence-electron chi connectivity index (χ3n) is 5.95. The summed E-state index contributed by atoms with van der Waals surface area (Å²) in [4.78, 5) is 14.9. The molecule has 0 atom stereocenters. The topological polar surface area (TPSA) is 37.3 Å². The number of carbonyl (C=O) groups excluding carboxylic acids is 1. The van der Waals surface area contributed by atoms with Crippen molar-refractivity contribution in [1.82, 2.24) is 9.47 Å². The van der Waals surface area contributed by atoms with E-state index in [4.69, 9.17) is 0 Å². The third kappa shape index (κ3) is 2.55. The molecule has 2 aliphatic rings. The molecule has 0 bridgehead atoms. The number of rotatable bonds is 1. The highest BCUT2D eigenvalue weighted by atomic mass is 16.2. The second-order valence-corrected chi connectivity index (χ2v) is 7.65. The number of anilines is 1. The van der Waals surface area contributed by atoms with Crippen molar-refractivity contribution in [2.75, 3.05) is 18.4 Å². The van der Waals surface area contributed by atoms with Crippen molar-refractivity contribution < 1.29 is 4.79 Å². The fourth-order valence-corrected chi connectivity index (χ4v) is 4.53. The van der Waals surface area contributed by atoms with E-state index in [0.29, 0.717) is 0 Å². The number of nitrogens with zero attached hydrogens (tertiary/aromatic N) is 2. The normalized spacial score (nSPS) is 17.1. The van der Waals surface area contributed by atoms with E-state index < -0.39 is 0 Å². The minimum atomic E-state index is -0.110. The van der Waals surface area contributed by atoms with Crippen LogP contribution in [0.5, 0.6) is 0 Å². The Labute approximate surface area is 159 Å². The van der Waals surface area contributed by atoms with Gasteiger partial charge in [0.25, 0.3) is 5.91 Å². The van der Waals surface area contributed by atoms with Gasteiger partial charge >= 0.3 is 0 Å². The maximum absolute atomic E-state index is 12.9. The predicted molar refractivity (Wildman–Crippen MR) is 107 cm³/mol. The van der Waals surface area contributed by atoms with E-state index in [1.807, 2.05) is 36.1 Å². The number of nitrogens with one attached hydrogen (secondary N) is 1. The average molecular weight is 357 g/mol. The van der Waals surface area contributed by atoms with Gasteiger partial charge in [-0.1, -0.05) is 29.8 Å². The van der Waals surface area contributed by atoms with Crippen molar-refractivity contribution in [1.29, 1.82) is 0 Å². The van der Waals surface area contributed by atoms with Gasteiger partial charge in [0.1, 0.15) is 0 Å². The fourth-order valence-electron chi connectivity index (χ4n) is 4.53. The molecule has 136 valence electrons. The molecule has 1 aromatic heterocycles. The van der Waals surface area contributed by atoms with Crippen molar-refractivity contribution in [3.8, 4) is 5.69 Å². The van der Waals surface area contributed by atoms with Crippen LogP contribution >= 0.6 is 0 Å². The first-order chi connectivity index (χ1) is 13.2. The maximum Gasteiger partial charge on any atom is 0.253 e. The predicted octanol–water partition coefficient (Wildman–Crippen LogP) is 4.34.